The highest BCUT2D eigenvalue weighted by Crippen LogP contribution is 2.41. The number of nitrogens with zero attached hydrogens (tertiary/aromatic N) is 2. The molecule has 3 rings (SSSR count). The minimum absolute atomic E-state index is 0.207. The molecule has 2 fully saturated rings. The van der Waals surface area contributed by atoms with Crippen LogP contribution in [0.5, 0.6) is 0 Å². The molecular formula is C14H19N3O. The van der Waals surface area contributed by atoms with Gasteiger partial charge in [0.2, 0.25) is 5.91 Å². The van der Waals surface area contributed by atoms with Crippen LogP contribution in [-0.4, -0.2) is 37.5 Å². The molecule has 0 saturated carbocycles. The van der Waals surface area contributed by atoms with Gasteiger partial charge in [-0.3, -0.25) is 4.79 Å². The lowest BCUT2D eigenvalue weighted by Crippen LogP contribution is -2.57. The Morgan fingerprint density at radius 3 is 2.39 bits per heavy atom. The normalized spacial score (nSPS) is 21.6. The van der Waals surface area contributed by atoms with Crippen LogP contribution in [0.1, 0.15) is 12.0 Å². The molecule has 0 aromatic heterocycles. The minimum Gasteiger partial charge on any atom is -0.370 e. The summed E-state index contributed by atoms with van der Waals surface area (Å²) in [4.78, 5) is 15.8. The molecule has 1 aromatic rings. The average molecular weight is 245 g/mol. The summed E-state index contributed by atoms with van der Waals surface area (Å²) in [6.07, 6.45) is 0.709. The Morgan fingerprint density at radius 1 is 1.22 bits per heavy atom. The summed E-state index contributed by atoms with van der Waals surface area (Å²) < 4.78 is 0. The number of hydrogen-bond donors (Lipinski definition) is 1. The number of likely N-dealkylation sites (tertiary alicyclic amines) is 1. The number of nitrogens with two attached hydrogens (primary N) is 1. The fraction of sp³-hybridized carbons (Fsp3) is 0.500. The van der Waals surface area contributed by atoms with Crippen molar-refractivity contribution in [1.29, 1.82) is 0 Å². The van der Waals surface area contributed by atoms with Gasteiger partial charge < -0.3 is 15.5 Å². The maximum Gasteiger partial charge on any atom is 0.223 e. The van der Waals surface area contributed by atoms with E-state index in [1.807, 2.05) is 11.9 Å². The molecule has 2 heterocycles. The molecule has 2 saturated heterocycles. The number of anilines is 1. The SMILES string of the molecule is CN1CC2(CC1=O)CN(c1ccc(CN)cc1)C2. The lowest BCUT2D eigenvalue weighted by atomic mass is 9.78. The summed E-state index contributed by atoms with van der Waals surface area (Å²) in [6, 6.07) is 8.39. The standard InChI is InChI=1S/C14H19N3O/c1-16-8-14(6-13(16)18)9-17(10-14)12-4-2-11(7-15)3-5-12/h2-5H,6-10,15H2,1H3. The van der Waals surface area contributed by atoms with E-state index in [0.717, 1.165) is 25.2 Å². The monoisotopic (exact) mass is 245 g/mol. The van der Waals surface area contributed by atoms with E-state index in [9.17, 15) is 4.79 Å². The van der Waals surface area contributed by atoms with Crippen LogP contribution in [0, 0.1) is 5.41 Å². The predicted molar refractivity (Wildman–Crippen MR) is 71.2 cm³/mol. The molecule has 1 amide bonds. The molecule has 96 valence electrons. The van der Waals surface area contributed by atoms with Gasteiger partial charge in [0, 0.05) is 50.7 Å². The molecule has 0 unspecified atom stereocenters. The Hall–Kier alpha value is -1.55. The van der Waals surface area contributed by atoms with Gasteiger partial charge >= 0.3 is 0 Å². The van der Waals surface area contributed by atoms with Crippen LogP contribution in [-0.2, 0) is 11.3 Å². The van der Waals surface area contributed by atoms with Crippen LogP contribution in [0.15, 0.2) is 24.3 Å². The second kappa shape index (κ2) is 3.99. The smallest absolute Gasteiger partial charge is 0.223 e. The first kappa shape index (κ1) is 11.5. The molecule has 2 aliphatic heterocycles. The van der Waals surface area contributed by atoms with Crippen LogP contribution >= 0.6 is 0 Å². The molecule has 0 atom stereocenters. The highest BCUT2D eigenvalue weighted by atomic mass is 16.2. The first-order valence-electron chi connectivity index (χ1n) is 6.40. The minimum atomic E-state index is 0.207. The van der Waals surface area contributed by atoms with Crippen LogP contribution < -0.4 is 10.6 Å². The summed E-state index contributed by atoms with van der Waals surface area (Å²) in [5.74, 6) is 0.285. The third kappa shape index (κ3) is 1.77. The lowest BCUT2D eigenvalue weighted by Gasteiger charge is -2.48. The molecule has 0 bridgehead atoms. The third-order valence-corrected chi connectivity index (χ3v) is 4.11. The van der Waals surface area contributed by atoms with Gasteiger partial charge in [-0.25, -0.2) is 0 Å². The van der Waals surface area contributed by atoms with Gasteiger partial charge in [0.15, 0.2) is 0 Å². The van der Waals surface area contributed by atoms with E-state index < -0.39 is 0 Å². The predicted octanol–water partition coefficient (Wildman–Crippen LogP) is 0.814. The zero-order valence-electron chi connectivity index (χ0n) is 10.7. The van der Waals surface area contributed by atoms with Crippen molar-refractivity contribution in [2.75, 3.05) is 31.6 Å². The highest BCUT2D eigenvalue weighted by Gasteiger charge is 2.50. The van der Waals surface area contributed by atoms with E-state index in [0.29, 0.717) is 13.0 Å². The Bertz CT molecular complexity index is 462. The van der Waals surface area contributed by atoms with E-state index in [2.05, 4.69) is 29.2 Å². The zero-order valence-corrected chi connectivity index (χ0v) is 10.7. The molecule has 2 N–H and O–H groups in total. The van der Waals surface area contributed by atoms with Crippen LogP contribution in [0.3, 0.4) is 0 Å². The zero-order chi connectivity index (χ0) is 12.8. The summed E-state index contributed by atoms with van der Waals surface area (Å²) in [5, 5.41) is 0. The van der Waals surface area contributed by atoms with E-state index in [1.165, 1.54) is 5.69 Å². The van der Waals surface area contributed by atoms with Crippen molar-refractivity contribution in [2.45, 2.75) is 13.0 Å². The van der Waals surface area contributed by atoms with Crippen molar-refractivity contribution < 1.29 is 4.79 Å². The number of benzene rings is 1. The molecule has 1 spiro atoms. The van der Waals surface area contributed by atoms with E-state index in [4.69, 9.17) is 5.73 Å². The average Bonchev–Trinajstić information content (AvgIpc) is 2.64. The summed E-state index contributed by atoms with van der Waals surface area (Å²) in [7, 11) is 1.90. The summed E-state index contributed by atoms with van der Waals surface area (Å²) >= 11 is 0. The third-order valence-electron chi connectivity index (χ3n) is 4.11. The molecule has 2 aliphatic rings. The number of carbonyl (C=O) groups is 1. The van der Waals surface area contributed by atoms with E-state index in [-0.39, 0.29) is 11.3 Å². The number of carbonyl (C=O) groups excluding carboxylic acids is 1. The molecule has 0 radical (unpaired) electrons. The Kier molecular flexibility index (Phi) is 2.55. The van der Waals surface area contributed by atoms with Crippen molar-refractivity contribution in [3.63, 3.8) is 0 Å². The second-order valence-electron chi connectivity index (χ2n) is 5.65. The molecule has 1 aromatic carbocycles. The first-order valence-corrected chi connectivity index (χ1v) is 6.40. The van der Waals surface area contributed by atoms with Gasteiger partial charge in [0.1, 0.15) is 0 Å². The maximum atomic E-state index is 11.6. The van der Waals surface area contributed by atoms with Gasteiger partial charge in [-0.1, -0.05) is 12.1 Å². The summed E-state index contributed by atoms with van der Waals surface area (Å²) in [6.45, 7) is 3.48. The van der Waals surface area contributed by atoms with Crippen molar-refractivity contribution in [1.82, 2.24) is 4.90 Å². The number of rotatable bonds is 2. The van der Waals surface area contributed by atoms with E-state index >= 15 is 0 Å². The number of hydrogen-bond acceptors (Lipinski definition) is 3. The second-order valence-corrected chi connectivity index (χ2v) is 5.65. The highest BCUT2D eigenvalue weighted by molar-refractivity contribution is 5.80. The van der Waals surface area contributed by atoms with Crippen LogP contribution in [0.4, 0.5) is 5.69 Å². The van der Waals surface area contributed by atoms with Crippen LogP contribution in [0.2, 0.25) is 0 Å². The van der Waals surface area contributed by atoms with Crippen LogP contribution in [0.25, 0.3) is 0 Å². The van der Waals surface area contributed by atoms with E-state index in [1.54, 1.807) is 0 Å². The van der Waals surface area contributed by atoms with Gasteiger partial charge in [0.25, 0.3) is 0 Å². The van der Waals surface area contributed by atoms with Crippen molar-refractivity contribution in [3.8, 4) is 0 Å². The van der Waals surface area contributed by atoms with Gasteiger partial charge in [-0.2, -0.15) is 0 Å². The van der Waals surface area contributed by atoms with Gasteiger partial charge in [-0.15, -0.1) is 0 Å². The molecule has 18 heavy (non-hydrogen) atoms. The molecule has 4 heteroatoms. The summed E-state index contributed by atoms with van der Waals surface area (Å²) in [5.41, 5.74) is 8.19. The topological polar surface area (TPSA) is 49.6 Å². The van der Waals surface area contributed by atoms with Crippen molar-refractivity contribution >= 4 is 11.6 Å². The molecule has 0 aliphatic carbocycles. The lowest BCUT2D eigenvalue weighted by molar-refractivity contribution is -0.126. The molecular weight excluding hydrogens is 226 g/mol. The van der Waals surface area contributed by atoms with Crippen molar-refractivity contribution in [3.05, 3.63) is 29.8 Å². The van der Waals surface area contributed by atoms with Gasteiger partial charge in [0.05, 0.1) is 0 Å². The molecule has 4 nitrogen and oxygen atoms in total. The fourth-order valence-corrected chi connectivity index (χ4v) is 3.10. The Labute approximate surface area is 107 Å². The quantitative estimate of drug-likeness (QED) is 0.839. The maximum absolute atomic E-state index is 11.6. The Balaban J connectivity index is 1.66. The first-order chi connectivity index (χ1) is 8.62. The Morgan fingerprint density at radius 2 is 1.89 bits per heavy atom. The van der Waals surface area contributed by atoms with Crippen molar-refractivity contribution in [2.24, 2.45) is 11.1 Å². The number of amides is 1. The fourth-order valence-electron chi connectivity index (χ4n) is 3.10. The van der Waals surface area contributed by atoms with Gasteiger partial charge in [-0.05, 0) is 17.7 Å². The largest absolute Gasteiger partial charge is 0.370 e.